The maximum Gasteiger partial charge on any atom is 0.271 e. The lowest BCUT2D eigenvalue weighted by atomic mass is 10.0. The van der Waals surface area contributed by atoms with Crippen molar-refractivity contribution >= 4 is 23.8 Å². The van der Waals surface area contributed by atoms with E-state index in [1.54, 1.807) is 17.0 Å². The minimum Gasteiger partial charge on any atom is -0.378 e. The van der Waals surface area contributed by atoms with Crippen molar-refractivity contribution in [2.45, 2.75) is 13.5 Å². The number of ether oxygens (including phenoxy) is 1. The summed E-state index contributed by atoms with van der Waals surface area (Å²) in [5, 5.41) is 0.622. The number of amides is 1. The van der Waals surface area contributed by atoms with Gasteiger partial charge >= 0.3 is 0 Å². The van der Waals surface area contributed by atoms with Crippen LogP contribution in [0.15, 0.2) is 54.6 Å². The summed E-state index contributed by atoms with van der Waals surface area (Å²) in [6.07, 6.45) is 0.841. The molecule has 0 aliphatic carbocycles. The first-order chi connectivity index (χ1) is 14.6. The van der Waals surface area contributed by atoms with Crippen molar-refractivity contribution in [3.63, 3.8) is 0 Å². The highest BCUT2D eigenvalue weighted by atomic mass is 35.5. The average Bonchev–Trinajstić information content (AvgIpc) is 3.06. The largest absolute Gasteiger partial charge is 0.378 e. The number of morpholine rings is 1. The molecule has 0 bridgehead atoms. The number of aldehydes is 1. The van der Waals surface area contributed by atoms with Crippen LogP contribution in [0, 0.1) is 6.92 Å². The fourth-order valence-electron chi connectivity index (χ4n) is 3.95. The van der Waals surface area contributed by atoms with Gasteiger partial charge in [-0.1, -0.05) is 54.1 Å². The second-order valence-corrected chi connectivity index (χ2v) is 7.77. The quantitative estimate of drug-likeness (QED) is 0.571. The molecule has 0 N–H and O–H groups in total. The Morgan fingerprint density at radius 2 is 1.73 bits per heavy atom. The number of aromatic nitrogens is 1. The van der Waals surface area contributed by atoms with Crippen LogP contribution >= 0.6 is 11.6 Å². The van der Waals surface area contributed by atoms with Crippen LogP contribution in [0.3, 0.4) is 0 Å². The predicted octanol–water partition coefficient (Wildman–Crippen LogP) is 4.45. The lowest BCUT2D eigenvalue weighted by Crippen LogP contribution is -2.41. The molecule has 6 heteroatoms. The molecule has 0 unspecified atom stereocenters. The molecule has 1 saturated heterocycles. The Balaban J connectivity index is 1.91. The van der Waals surface area contributed by atoms with Crippen molar-refractivity contribution in [3.05, 3.63) is 82.1 Å². The number of rotatable bonds is 5. The third-order valence-corrected chi connectivity index (χ3v) is 5.74. The normalized spacial score (nSPS) is 14.0. The molecule has 1 aliphatic rings. The van der Waals surface area contributed by atoms with Gasteiger partial charge in [-0.25, -0.2) is 0 Å². The van der Waals surface area contributed by atoms with Crippen molar-refractivity contribution in [2.75, 3.05) is 26.3 Å². The zero-order chi connectivity index (χ0) is 21.1. The Morgan fingerprint density at radius 3 is 2.37 bits per heavy atom. The number of halogens is 1. The van der Waals surface area contributed by atoms with Crippen LogP contribution in [-0.2, 0) is 11.3 Å². The molecule has 154 valence electrons. The summed E-state index contributed by atoms with van der Waals surface area (Å²) < 4.78 is 7.26. The van der Waals surface area contributed by atoms with E-state index in [1.807, 2.05) is 54.0 Å². The average molecular weight is 423 g/mol. The Bertz CT molecular complexity index is 1050. The first-order valence-corrected chi connectivity index (χ1v) is 10.3. The Labute approximate surface area is 180 Å². The van der Waals surface area contributed by atoms with E-state index in [0.717, 1.165) is 28.5 Å². The molecule has 1 aromatic heterocycles. The van der Waals surface area contributed by atoms with Crippen LogP contribution in [0.2, 0.25) is 5.02 Å². The zero-order valence-corrected chi connectivity index (χ0v) is 17.6. The van der Waals surface area contributed by atoms with Gasteiger partial charge in [0.2, 0.25) is 0 Å². The summed E-state index contributed by atoms with van der Waals surface area (Å²) in [6, 6.07) is 17.2. The third kappa shape index (κ3) is 3.91. The van der Waals surface area contributed by atoms with Gasteiger partial charge in [-0.15, -0.1) is 0 Å². The van der Waals surface area contributed by atoms with Crippen LogP contribution < -0.4 is 0 Å². The summed E-state index contributed by atoms with van der Waals surface area (Å²) in [6.45, 7) is 4.43. The van der Waals surface area contributed by atoms with Gasteiger partial charge in [-0.2, -0.15) is 0 Å². The molecule has 0 radical (unpaired) electrons. The lowest BCUT2D eigenvalue weighted by Gasteiger charge is -2.28. The van der Waals surface area contributed by atoms with E-state index >= 15 is 0 Å². The van der Waals surface area contributed by atoms with Crippen LogP contribution in [-0.4, -0.2) is 48.0 Å². The van der Waals surface area contributed by atoms with E-state index in [9.17, 15) is 9.59 Å². The Kier molecular flexibility index (Phi) is 6.02. The van der Waals surface area contributed by atoms with Crippen LogP contribution in [0.1, 0.15) is 32.1 Å². The van der Waals surface area contributed by atoms with Crippen LogP contribution in [0.4, 0.5) is 0 Å². The minimum absolute atomic E-state index is 0.0876. The van der Waals surface area contributed by atoms with Crippen LogP contribution in [0.25, 0.3) is 11.1 Å². The highest BCUT2D eigenvalue weighted by Gasteiger charge is 2.29. The molecule has 2 heterocycles. The molecule has 3 aromatic rings. The van der Waals surface area contributed by atoms with E-state index < -0.39 is 0 Å². The van der Waals surface area contributed by atoms with Gasteiger partial charge in [0, 0.05) is 30.2 Å². The standard InChI is InChI=1S/C24H23ClN2O3/c1-17-21(16-28)27(15-18-5-3-2-4-6-18)23(24(29)26-11-13-30-14-12-26)22(17)19-7-9-20(25)10-8-19/h2-10,16H,11-15H2,1H3. The maximum atomic E-state index is 13.7. The molecule has 0 saturated carbocycles. The van der Waals surface area contributed by atoms with Gasteiger partial charge < -0.3 is 14.2 Å². The molecular formula is C24H23ClN2O3. The maximum absolute atomic E-state index is 13.7. The SMILES string of the molecule is Cc1c(-c2ccc(Cl)cc2)c(C(=O)N2CCOCC2)n(Cc2ccccc2)c1C=O. The van der Waals surface area contributed by atoms with Crippen molar-refractivity contribution in [1.29, 1.82) is 0 Å². The van der Waals surface area contributed by atoms with Crippen molar-refractivity contribution in [2.24, 2.45) is 0 Å². The van der Waals surface area contributed by atoms with E-state index in [2.05, 4.69) is 0 Å². The van der Waals surface area contributed by atoms with E-state index in [4.69, 9.17) is 16.3 Å². The molecule has 0 spiro atoms. The van der Waals surface area contributed by atoms with Gasteiger partial charge in [0.05, 0.1) is 18.9 Å². The fraction of sp³-hybridized carbons (Fsp3) is 0.250. The topological polar surface area (TPSA) is 51.5 Å². The number of hydrogen-bond donors (Lipinski definition) is 0. The summed E-state index contributed by atoms with van der Waals surface area (Å²) in [7, 11) is 0. The van der Waals surface area contributed by atoms with E-state index in [1.165, 1.54) is 0 Å². The molecular weight excluding hydrogens is 400 g/mol. The number of carbonyl (C=O) groups is 2. The number of benzene rings is 2. The Hall–Kier alpha value is -2.89. The summed E-state index contributed by atoms with van der Waals surface area (Å²) >= 11 is 6.08. The van der Waals surface area contributed by atoms with Crippen molar-refractivity contribution in [3.8, 4) is 11.1 Å². The highest BCUT2D eigenvalue weighted by molar-refractivity contribution is 6.30. The third-order valence-electron chi connectivity index (χ3n) is 5.49. The van der Waals surface area contributed by atoms with E-state index in [0.29, 0.717) is 49.3 Å². The fourth-order valence-corrected chi connectivity index (χ4v) is 4.08. The van der Waals surface area contributed by atoms with Crippen LogP contribution in [0.5, 0.6) is 0 Å². The second kappa shape index (κ2) is 8.86. The molecule has 1 amide bonds. The second-order valence-electron chi connectivity index (χ2n) is 7.33. The number of carbonyl (C=O) groups excluding carboxylic acids is 2. The van der Waals surface area contributed by atoms with Gasteiger partial charge in [0.25, 0.3) is 5.91 Å². The highest BCUT2D eigenvalue weighted by Crippen LogP contribution is 2.34. The van der Waals surface area contributed by atoms with Crippen molar-refractivity contribution < 1.29 is 14.3 Å². The first kappa shape index (κ1) is 20.4. The molecule has 2 aromatic carbocycles. The molecule has 4 rings (SSSR count). The minimum atomic E-state index is -0.0876. The smallest absolute Gasteiger partial charge is 0.271 e. The molecule has 30 heavy (non-hydrogen) atoms. The van der Waals surface area contributed by atoms with Gasteiger partial charge in [0.1, 0.15) is 5.69 Å². The lowest BCUT2D eigenvalue weighted by molar-refractivity contribution is 0.0296. The van der Waals surface area contributed by atoms with Gasteiger partial charge in [-0.05, 0) is 35.7 Å². The van der Waals surface area contributed by atoms with E-state index in [-0.39, 0.29) is 5.91 Å². The summed E-state index contributed by atoms with van der Waals surface area (Å²) in [5.41, 5.74) is 4.50. The first-order valence-electron chi connectivity index (χ1n) is 9.95. The van der Waals surface area contributed by atoms with Gasteiger partial charge in [0.15, 0.2) is 6.29 Å². The molecule has 1 aliphatic heterocycles. The summed E-state index contributed by atoms with van der Waals surface area (Å²) in [5.74, 6) is -0.0876. The zero-order valence-electron chi connectivity index (χ0n) is 16.8. The molecule has 1 fully saturated rings. The number of nitrogens with zero attached hydrogens (tertiary/aromatic N) is 2. The molecule has 0 atom stereocenters. The monoisotopic (exact) mass is 422 g/mol. The van der Waals surface area contributed by atoms with Gasteiger partial charge in [-0.3, -0.25) is 9.59 Å². The summed E-state index contributed by atoms with van der Waals surface area (Å²) in [4.78, 5) is 27.6. The van der Waals surface area contributed by atoms with Crippen molar-refractivity contribution in [1.82, 2.24) is 9.47 Å². The molecule has 5 nitrogen and oxygen atoms in total. The predicted molar refractivity (Wildman–Crippen MR) is 117 cm³/mol. The Morgan fingerprint density at radius 1 is 1.07 bits per heavy atom. The number of hydrogen-bond acceptors (Lipinski definition) is 3.